The van der Waals surface area contributed by atoms with Crippen LogP contribution in [-0.2, 0) is 14.9 Å². The summed E-state index contributed by atoms with van der Waals surface area (Å²) in [6, 6.07) is 5.91. The summed E-state index contributed by atoms with van der Waals surface area (Å²) in [5, 5.41) is 18.9. The monoisotopic (exact) mass is 396 g/mol. The molecule has 1 amide bonds. The van der Waals surface area contributed by atoms with E-state index in [1.165, 1.54) is 17.0 Å². The van der Waals surface area contributed by atoms with Crippen LogP contribution in [0.3, 0.4) is 0 Å². The van der Waals surface area contributed by atoms with Crippen LogP contribution < -0.4 is 0 Å². The Morgan fingerprint density at radius 1 is 1.37 bits per heavy atom. The lowest BCUT2D eigenvalue weighted by molar-refractivity contribution is -0.142. The number of piperidine rings is 1. The third-order valence-corrected chi connectivity index (χ3v) is 5.04. The molecule has 2 rings (SSSR count). The first-order valence-electron chi connectivity index (χ1n) is 8.56. The summed E-state index contributed by atoms with van der Waals surface area (Å²) in [4.78, 5) is 25.5. The second-order valence-electron chi connectivity index (χ2n) is 7.65. The van der Waals surface area contributed by atoms with Crippen LogP contribution in [0.1, 0.15) is 39.2 Å². The predicted molar refractivity (Wildman–Crippen MR) is 96.9 cm³/mol. The van der Waals surface area contributed by atoms with Crippen molar-refractivity contribution in [3.8, 4) is 6.07 Å². The molecule has 146 valence electrons. The lowest BCUT2D eigenvalue weighted by Crippen LogP contribution is -2.51. The van der Waals surface area contributed by atoms with E-state index in [4.69, 9.17) is 16.3 Å². The third kappa shape index (κ3) is 4.51. The molecule has 1 aliphatic heterocycles. The molecule has 27 heavy (non-hydrogen) atoms. The Kier molecular flexibility index (Phi) is 6.01. The molecule has 1 N–H and O–H groups in total. The highest BCUT2D eigenvalue weighted by Gasteiger charge is 2.48. The fraction of sp³-hybridized carbons (Fsp3) is 0.526. The number of rotatable bonds is 3. The maximum absolute atomic E-state index is 14.0. The van der Waals surface area contributed by atoms with Gasteiger partial charge in [-0.3, -0.25) is 4.79 Å². The molecule has 1 aromatic rings. The molecule has 1 fully saturated rings. The zero-order chi connectivity index (χ0) is 20.4. The fourth-order valence-electron chi connectivity index (χ4n) is 3.38. The van der Waals surface area contributed by atoms with E-state index in [1.54, 1.807) is 26.8 Å². The quantitative estimate of drug-likeness (QED) is 0.834. The van der Waals surface area contributed by atoms with Crippen LogP contribution in [0.2, 0.25) is 5.02 Å². The Balaban J connectivity index is 2.35. The molecule has 1 heterocycles. The summed E-state index contributed by atoms with van der Waals surface area (Å²) in [7, 11) is 0. The lowest BCUT2D eigenvalue weighted by Gasteiger charge is -2.43. The number of ether oxygens (including phenoxy) is 1. The summed E-state index contributed by atoms with van der Waals surface area (Å²) >= 11 is 5.74. The lowest BCUT2D eigenvalue weighted by atomic mass is 9.64. The number of benzene rings is 1. The molecule has 0 saturated carbocycles. The first kappa shape index (κ1) is 21.0. The van der Waals surface area contributed by atoms with Crippen molar-refractivity contribution in [1.29, 1.82) is 5.26 Å². The molecular weight excluding hydrogens is 375 g/mol. The number of halogens is 2. The maximum atomic E-state index is 14.0. The van der Waals surface area contributed by atoms with Gasteiger partial charge in [-0.1, -0.05) is 17.7 Å². The van der Waals surface area contributed by atoms with Crippen molar-refractivity contribution in [2.45, 2.75) is 44.6 Å². The number of aliphatic carboxylic acids is 1. The van der Waals surface area contributed by atoms with E-state index in [2.05, 4.69) is 0 Å². The Labute approximate surface area is 162 Å². The molecule has 1 aromatic carbocycles. The molecule has 1 saturated heterocycles. The number of carboxylic acid groups (broad SMARTS) is 1. The van der Waals surface area contributed by atoms with Gasteiger partial charge >= 0.3 is 12.1 Å². The summed E-state index contributed by atoms with van der Waals surface area (Å²) < 4.78 is 19.4. The summed E-state index contributed by atoms with van der Waals surface area (Å²) in [5.41, 5.74) is -1.38. The first-order chi connectivity index (χ1) is 12.5. The second kappa shape index (κ2) is 7.73. The minimum Gasteiger partial charge on any atom is -0.480 e. The van der Waals surface area contributed by atoms with Crippen molar-refractivity contribution in [2.75, 3.05) is 13.1 Å². The summed E-state index contributed by atoms with van der Waals surface area (Å²) in [6.07, 6.45) is -0.113. The number of carbonyl (C=O) groups is 2. The van der Waals surface area contributed by atoms with Crippen LogP contribution in [-0.4, -0.2) is 40.8 Å². The van der Waals surface area contributed by atoms with Crippen molar-refractivity contribution < 1.29 is 23.8 Å². The molecule has 0 aromatic heterocycles. The van der Waals surface area contributed by atoms with Crippen LogP contribution in [0, 0.1) is 23.1 Å². The third-order valence-electron chi connectivity index (χ3n) is 4.73. The van der Waals surface area contributed by atoms with Crippen molar-refractivity contribution >= 4 is 23.7 Å². The van der Waals surface area contributed by atoms with E-state index in [1.807, 2.05) is 6.07 Å². The van der Waals surface area contributed by atoms with Gasteiger partial charge in [0.15, 0.2) is 5.92 Å². The van der Waals surface area contributed by atoms with Crippen molar-refractivity contribution in [2.24, 2.45) is 5.92 Å². The van der Waals surface area contributed by atoms with Crippen molar-refractivity contribution in [3.05, 3.63) is 34.6 Å². The van der Waals surface area contributed by atoms with Gasteiger partial charge in [-0.2, -0.15) is 5.26 Å². The molecule has 8 heteroatoms. The maximum Gasteiger partial charge on any atom is 0.410 e. The van der Waals surface area contributed by atoms with Gasteiger partial charge < -0.3 is 14.7 Å². The van der Waals surface area contributed by atoms with Gasteiger partial charge in [-0.25, -0.2) is 9.18 Å². The zero-order valence-electron chi connectivity index (χ0n) is 15.5. The van der Waals surface area contributed by atoms with Gasteiger partial charge in [-0.15, -0.1) is 0 Å². The topological polar surface area (TPSA) is 90.6 Å². The zero-order valence-corrected chi connectivity index (χ0v) is 16.2. The highest BCUT2D eigenvalue weighted by atomic mass is 35.5. The van der Waals surface area contributed by atoms with E-state index < -0.39 is 34.8 Å². The standard InChI is InChI=1S/C19H22ClFN2O4/c1-18(2,3)27-17(26)23-8-6-19(7-9-23,13(11-22)16(24)25)12-4-5-14(20)15(21)10-12/h4-5,10,13H,6-9H2,1-3H3,(H,24,25). The average molecular weight is 397 g/mol. The van der Waals surface area contributed by atoms with Gasteiger partial charge in [-0.05, 0) is 51.3 Å². The van der Waals surface area contributed by atoms with E-state index in [0.717, 1.165) is 0 Å². The molecule has 0 radical (unpaired) electrons. The van der Waals surface area contributed by atoms with E-state index in [9.17, 15) is 24.3 Å². The minimum atomic E-state index is -1.38. The molecule has 0 aliphatic carbocycles. The van der Waals surface area contributed by atoms with Gasteiger partial charge in [0.2, 0.25) is 0 Å². The van der Waals surface area contributed by atoms with Crippen LogP contribution in [0.4, 0.5) is 9.18 Å². The number of hydrogen-bond acceptors (Lipinski definition) is 4. The summed E-state index contributed by atoms with van der Waals surface area (Å²) in [6.45, 7) is 5.67. The number of amides is 1. The SMILES string of the molecule is CC(C)(C)OC(=O)N1CCC(c2ccc(Cl)c(F)c2)(C(C#N)C(=O)O)CC1. The van der Waals surface area contributed by atoms with Gasteiger partial charge in [0.05, 0.1) is 11.1 Å². The van der Waals surface area contributed by atoms with Gasteiger partial charge in [0.25, 0.3) is 0 Å². The Bertz CT molecular complexity index is 777. The number of carboxylic acids is 1. The molecule has 1 aliphatic rings. The highest BCUT2D eigenvalue weighted by Crippen LogP contribution is 2.43. The van der Waals surface area contributed by atoms with Crippen LogP contribution in [0.5, 0.6) is 0 Å². The number of nitrogens with zero attached hydrogens (tertiary/aromatic N) is 2. The highest BCUT2D eigenvalue weighted by molar-refractivity contribution is 6.30. The normalized spacial score (nSPS) is 17.7. The first-order valence-corrected chi connectivity index (χ1v) is 8.94. The molecule has 0 bridgehead atoms. The van der Waals surface area contributed by atoms with Crippen LogP contribution in [0.15, 0.2) is 18.2 Å². The minimum absolute atomic E-state index is 0.0797. The van der Waals surface area contributed by atoms with Gasteiger partial charge in [0, 0.05) is 18.5 Å². The predicted octanol–water partition coefficient (Wildman–Crippen LogP) is 3.97. The average Bonchev–Trinajstić information content (AvgIpc) is 2.56. The number of hydrogen-bond donors (Lipinski definition) is 1. The Morgan fingerprint density at radius 2 is 1.96 bits per heavy atom. The molecule has 1 atom stereocenters. The van der Waals surface area contributed by atoms with Crippen molar-refractivity contribution in [3.63, 3.8) is 0 Å². The van der Waals surface area contributed by atoms with E-state index >= 15 is 0 Å². The second-order valence-corrected chi connectivity index (χ2v) is 8.06. The Hall–Kier alpha value is -2.33. The molecule has 0 spiro atoms. The number of likely N-dealkylation sites (tertiary alicyclic amines) is 1. The van der Waals surface area contributed by atoms with Crippen molar-refractivity contribution in [1.82, 2.24) is 4.90 Å². The van der Waals surface area contributed by atoms with E-state index in [-0.39, 0.29) is 31.0 Å². The molecular formula is C19H22ClFN2O4. The van der Waals surface area contributed by atoms with E-state index in [0.29, 0.717) is 5.56 Å². The van der Waals surface area contributed by atoms with Crippen LogP contribution >= 0.6 is 11.6 Å². The van der Waals surface area contributed by atoms with Gasteiger partial charge in [0.1, 0.15) is 11.4 Å². The number of nitriles is 1. The van der Waals surface area contributed by atoms with Crippen LogP contribution in [0.25, 0.3) is 0 Å². The molecule has 6 nitrogen and oxygen atoms in total. The molecule has 1 unspecified atom stereocenters. The summed E-state index contributed by atoms with van der Waals surface area (Å²) in [5.74, 6) is -3.33. The fourth-order valence-corrected chi connectivity index (χ4v) is 3.50. The smallest absolute Gasteiger partial charge is 0.410 e. The number of carbonyl (C=O) groups excluding carboxylic acids is 1. The largest absolute Gasteiger partial charge is 0.480 e. The Morgan fingerprint density at radius 3 is 2.41 bits per heavy atom.